The van der Waals surface area contributed by atoms with Crippen molar-refractivity contribution in [2.24, 2.45) is 0 Å². The molecule has 1 aromatic heterocycles. The minimum absolute atomic E-state index is 0.291. The van der Waals surface area contributed by atoms with E-state index < -0.39 is 0 Å². The van der Waals surface area contributed by atoms with Crippen LogP contribution in [-0.4, -0.2) is 28.0 Å². The molecule has 5 nitrogen and oxygen atoms in total. The van der Waals surface area contributed by atoms with Gasteiger partial charge in [-0.1, -0.05) is 37.6 Å². The maximum atomic E-state index is 5.85. The van der Waals surface area contributed by atoms with Gasteiger partial charge in [0.15, 0.2) is 5.82 Å². The highest BCUT2D eigenvalue weighted by Crippen LogP contribution is 2.22. The number of aryl methyl sites for hydroxylation is 1. The van der Waals surface area contributed by atoms with Crippen molar-refractivity contribution in [3.8, 4) is 11.4 Å². The fourth-order valence-corrected chi connectivity index (χ4v) is 2.68. The zero-order valence-corrected chi connectivity index (χ0v) is 12.4. The molecule has 0 saturated carbocycles. The van der Waals surface area contributed by atoms with Crippen molar-refractivity contribution in [3.63, 3.8) is 0 Å². The SMILES string of the molecule is CCCc1ccc(-c2nc(N)nc(N3CCCC3)n2)cc1. The molecule has 1 fully saturated rings. The molecule has 0 spiro atoms. The largest absolute Gasteiger partial charge is 0.368 e. The van der Waals surface area contributed by atoms with Gasteiger partial charge in [0.25, 0.3) is 0 Å². The molecule has 0 bridgehead atoms. The monoisotopic (exact) mass is 283 g/mol. The Morgan fingerprint density at radius 1 is 1.05 bits per heavy atom. The van der Waals surface area contributed by atoms with E-state index in [2.05, 4.69) is 51.0 Å². The molecule has 2 aromatic rings. The van der Waals surface area contributed by atoms with Crippen molar-refractivity contribution >= 4 is 11.9 Å². The van der Waals surface area contributed by atoms with Crippen LogP contribution in [0.2, 0.25) is 0 Å². The number of rotatable bonds is 4. The lowest BCUT2D eigenvalue weighted by atomic mass is 10.1. The third-order valence-corrected chi connectivity index (χ3v) is 3.78. The Kier molecular flexibility index (Phi) is 3.99. The van der Waals surface area contributed by atoms with Gasteiger partial charge in [0.05, 0.1) is 0 Å². The van der Waals surface area contributed by atoms with Gasteiger partial charge in [-0.2, -0.15) is 15.0 Å². The molecule has 2 heterocycles. The van der Waals surface area contributed by atoms with Gasteiger partial charge < -0.3 is 10.6 Å². The minimum atomic E-state index is 0.291. The Labute approximate surface area is 125 Å². The van der Waals surface area contributed by atoms with Gasteiger partial charge in [-0.05, 0) is 24.8 Å². The average Bonchev–Trinajstić information content (AvgIpc) is 3.02. The summed E-state index contributed by atoms with van der Waals surface area (Å²) in [5.41, 5.74) is 8.18. The van der Waals surface area contributed by atoms with Crippen LogP contribution in [0.5, 0.6) is 0 Å². The van der Waals surface area contributed by atoms with E-state index in [0.29, 0.717) is 17.7 Å². The smallest absolute Gasteiger partial charge is 0.230 e. The van der Waals surface area contributed by atoms with Gasteiger partial charge in [0, 0.05) is 18.7 Å². The maximum Gasteiger partial charge on any atom is 0.230 e. The molecular formula is C16H21N5. The fraction of sp³-hybridized carbons (Fsp3) is 0.438. The van der Waals surface area contributed by atoms with E-state index in [1.54, 1.807) is 0 Å². The molecule has 3 rings (SSSR count). The van der Waals surface area contributed by atoms with E-state index in [1.807, 2.05) is 0 Å². The lowest BCUT2D eigenvalue weighted by molar-refractivity contribution is 0.887. The van der Waals surface area contributed by atoms with Crippen LogP contribution in [-0.2, 0) is 6.42 Å². The molecule has 2 N–H and O–H groups in total. The first-order valence-electron chi connectivity index (χ1n) is 7.62. The molecule has 21 heavy (non-hydrogen) atoms. The second-order valence-electron chi connectivity index (χ2n) is 5.46. The Balaban J connectivity index is 1.90. The molecule has 1 saturated heterocycles. The summed E-state index contributed by atoms with van der Waals surface area (Å²) in [6.45, 7) is 4.18. The first-order chi connectivity index (χ1) is 10.3. The van der Waals surface area contributed by atoms with Gasteiger partial charge in [0.1, 0.15) is 0 Å². The van der Waals surface area contributed by atoms with E-state index in [-0.39, 0.29) is 0 Å². The van der Waals surface area contributed by atoms with E-state index in [4.69, 9.17) is 5.73 Å². The molecule has 0 unspecified atom stereocenters. The molecule has 1 aliphatic rings. The quantitative estimate of drug-likeness (QED) is 0.934. The highest BCUT2D eigenvalue weighted by molar-refractivity contribution is 5.58. The van der Waals surface area contributed by atoms with Gasteiger partial charge >= 0.3 is 0 Å². The van der Waals surface area contributed by atoms with Crippen LogP contribution in [0.4, 0.5) is 11.9 Å². The number of nitrogen functional groups attached to an aromatic ring is 1. The van der Waals surface area contributed by atoms with Gasteiger partial charge in [-0.25, -0.2) is 0 Å². The van der Waals surface area contributed by atoms with Gasteiger partial charge in [0.2, 0.25) is 11.9 Å². The van der Waals surface area contributed by atoms with Crippen LogP contribution in [0.25, 0.3) is 11.4 Å². The maximum absolute atomic E-state index is 5.85. The number of anilines is 2. The highest BCUT2D eigenvalue weighted by Gasteiger charge is 2.17. The summed E-state index contributed by atoms with van der Waals surface area (Å²) in [6, 6.07) is 8.39. The Hall–Kier alpha value is -2.17. The number of hydrogen-bond donors (Lipinski definition) is 1. The lowest BCUT2D eigenvalue weighted by Gasteiger charge is -2.15. The van der Waals surface area contributed by atoms with Crippen LogP contribution in [0, 0.1) is 0 Å². The Bertz CT molecular complexity index is 603. The number of aromatic nitrogens is 3. The number of benzene rings is 1. The molecule has 0 radical (unpaired) electrons. The zero-order valence-electron chi connectivity index (χ0n) is 12.4. The van der Waals surface area contributed by atoms with Gasteiger partial charge in [-0.15, -0.1) is 0 Å². The minimum Gasteiger partial charge on any atom is -0.368 e. The summed E-state index contributed by atoms with van der Waals surface area (Å²) in [5.74, 6) is 1.65. The Morgan fingerprint density at radius 3 is 2.43 bits per heavy atom. The third-order valence-electron chi connectivity index (χ3n) is 3.78. The van der Waals surface area contributed by atoms with Crippen molar-refractivity contribution in [3.05, 3.63) is 29.8 Å². The van der Waals surface area contributed by atoms with Crippen LogP contribution in [0.15, 0.2) is 24.3 Å². The summed E-state index contributed by atoms with van der Waals surface area (Å²) in [7, 11) is 0. The fourth-order valence-electron chi connectivity index (χ4n) is 2.68. The molecule has 0 amide bonds. The molecule has 5 heteroatoms. The van der Waals surface area contributed by atoms with Crippen molar-refractivity contribution in [1.29, 1.82) is 0 Å². The first-order valence-corrected chi connectivity index (χ1v) is 7.62. The zero-order chi connectivity index (χ0) is 14.7. The molecule has 0 aliphatic carbocycles. The van der Waals surface area contributed by atoms with E-state index in [0.717, 1.165) is 31.5 Å². The molecular weight excluding hydrogens is 262 g/mol. The Morgan fingerprint density at radius 2 is 1.76 bits per heavy atom. The summed E-state index contributed by atoms with van der Waals surface area (Å²) < 4.78 is 0. The van der Waals surface area contributed by atoms with Crippen molar-refractivity contribution in [2.75, 3.05) is 23.7 Å². The average molecular weight is 283 g/mol. The summed E-state index contributed by atoms with van der Waals surface area (Å²) in [4.78, 5) is 15.3. The predicted molar refractivity (Wildman–Crippen MR) is 85.1 cm³/mol. The molecule has 0 atom stereocenters. The van der Waals surface area contributed by atoms with Gasteiger partial charge in [-0.3, -0.25) is 0 Å². The van der Waals surface area contributed by atoms with E-state index >= 15 is 0 Å². The molecule has 110 valence electrons. The van der Waals surface area contributed by atoms with Crippen LogP contribution >= 0.6 is 0 Å². The van der Waals surface area contributed by atoms with Crippen molar-refractivity contribution < 1.29 is 0 Å². The number of nitrogens with zero attached hydrogens (tertiary/aromatic N) is 4. The molecule has 1 aliphatic heterocycles. The predicted octanol–water partition coefficient (Wildman–Crippen LogP) is 2.67. The van der Waals surface area contributed by atoms with Crippen molar-refractivity contribution in [1.82, 2.24) is 15.0 Å². The second kappa shape index (κ2) is 6.08. The number of hydrogen-bond acceptors (Lipinski definition) is 5. The molecule has 1 aromatic carbocycles. The summed E-state index contributed by atoms with van der Waals surface area (Å²) in [6.07, 6.45) is 4.62. The van der Waals surface area contributed by atoms with Crippen LogP contribution in [0.3, 0.4) is 0 Å². The van der Waals surface area contributed by atoms with E-state index in [9.17, 15) is 0 Å². The lowest BCUT2D eigenvalue weighted by Crippen LogP contribution is -2.21. The van der Waals surface area contributed by atoms with Crippen molar-refractivity contribution in [2.45, 2.75) is 32.6 Å². The number of nitrogens with two attached hydrogens (primary N) is 1. The second-order valence-corrected chi connectivity index (χ2v) is 5.46. The summed E-state index contributed by atoms with van der Waals surface area (Å²) in [5, 5.41) is 0. The van der Waals surface area contributed by atoms with Crippen LogP contribution < -0.4 is 10.6 Å². The third kappa shape index (κ3) is 3.12. The normalized spacial score (nSPS) is 14.6. The highest BCUT2D eigenvalue weighted by atomic mass is 15.3. The topological polar surface area (TPSA) is 67.9 Å². The first kappa shape index (κ1) is 13.8. The van der Waals surface area contributed by atoms with Crippen LogP contribution in [0.1, 0.15) is 31.7 Å². The van der Waals surface area contributed by atoms with E-state index in [1.165, 1.54) is 18.4 Å². The standard InChI is InChI=1S/C16H21N5/c1-2-5-12-6-8-13(9-7-12)14-18-15(17)20-16(19-14)21-10-3-4-11-21/h6-9H,2-5,10-11H2,1H3,(H2,17,18,19,20). The summed E-state index contributed by atoms with van der Waals surface area (Å²) >= 11 is 0.